The van der Waals surface area contributed by atoms with Crippen molar-refractivity contribution in [2.45, 2.75) is 19.6 Å². The van der Waals surface area contributed by atoms with Gasteiger partial charge in [-0.1, -0.05) is 0 Å². The summed E-state index contributed by atoms with van der Waals surface area (Å²) in [5, 5.41) is 15.2. The van der Waals surface area contributed by atoms with E-state index in [-0.39, 0.29) is 30.2 Å². The summed E-state index contributed by atoms with van der Waals surface area (Å²) in [6, 6.07) is 5.50. The lowest BCUT2D eigenvalue weighted by Crippen LogP contribution is -2.14. The number of aromatic carboxylic acids is 1. The number of aryl methyl sites for hydroxylation is 1. The molecule has 0 spiro atoms. The minimum atomic E-state index is -2.90. The lowest BCUT2D eigenvalue weighted by molar-refractivity contribution is -0.116. The third-order valence-electron chi connectivity index (χ3n) is 2.81. The van der Waals surface area contributed by atoms with Crippen LogP contribution < -0.4 is 10.1 Å². The van der Waals surface area contributed by atoms with Crippen LogP contribution in [0.2, 0.25) is 0 Å². The lowest BCUT2D eigenvalue weighted by Gasteiger charge is -2.07. The highest BCUT2D eigenvalue weighted by Gasteiger charge is 2.08. The minimum absolute atomic E-state index is 0.00394. The quantitative estimate of drug-likeness (QED) is 0.814. The van der Waals surface area contributed by atoms with Crippen LogP contribution >= 0.6 is 0 Å². The molecule has 0 aliphatic heterocycles. The van der Waals surface area contributed by atoms with Crippen molar-refractivity contribution < 1.29 is 28.2 Å². The molecule has 23 heavy (non-hydrogen) atoms. The summed E-state index contributed by atoms with van der Waals surface area (Å²) in [6.07, 6.45) is 2.60. The van der Waals surface area contributed by atoms with Gasteiger partial charge in [0.05, 0.1) is 11.8 Å². The number of aromatic nitrogens is 2. The smallest absolute Gasteiger partial charge is 0.387 e. The molecule has 1 aromatic carbocycles. The van der Waals surface area contributed by atoms with Gasteiger partial charge in [-0.15, -0.1) is 0 Å². The Kier molecular flexibility index (Phi) is 5.23. The van der Waals surface area contributed by atoms with Gasteiger partial charge in [0.2, 0.25) is 5.91 Å². The van der Waals surface area contributed by atoms with E-state index >= 15 is 0 Å². The van der Waals surface area contributed by atoms with E-state index in [9.17, 15) is 18.4 Å². The summed E-state index contributed by atoms with van der Waals surface area (Å²) in [5.41, 5.74) is 0.475. The molecular formula is C14H13F2N3O4. The van der Waals surface area contributed by atoms with E-state index < -0.39 is 12.6 Å². The number of carbonyl (C=O) groups is 2. The number of amides is 1. The zero-order valence-electron chi connectivity index (χ0n) is 11.8. The zero-order chi connectivity index (χ0) is 16.8. The first-order chi connectivity index (χ1) is 10.9. The number of carboxylic acids is 1. The molecule has 0 radical (unpaired) electrons. The lowest BCUT2D eigenvalue weighted by atomic mass is 10.3. The van der Waals surface area contributed by atoms with Gasteiger partial charge in [-0.05, 0) is 24.3 Å². The largest absolute Gasteiger partial charge is 0.478 e. The van der Waals surface area contributed by atoms with Crippen LogP contribution in [0.4, 0.5) is 14.5 Å². The van der Waals surface area contributed by atoms with Crippen molar-refractivity contribution in [1.29, 1.82) is 0 Å². The number of carbonyl (C=O) groups excluding carboxylic acids is 1. The Hall–Kier alpha value is -2.97. The summed E-state index contributed by atoms with van der Waals surface area (Å²) < 4.78 is 29.6. The molecule has 0 saturated heterocycles. The topological polar surface area (TPSA) is 93.5 Å². The number of hydrogen-bond acceptors (Lipinski definition) is 4. The van der Waals surface area contributed by atoms with E-state index in [1.165, 1.54) is 41.3 Å². The number of ether oxygens (including phenoxy) is 1. The average molecular weight is 325 g/mol. The molecule has 0 atom stereocenters. The fraction of sp³-hybridized carbons (Fsp3) is 0.214. The second-order valence-electron chi connectivity index (χ2n) is 4.50. The van der Waals surface area contributed by atoms with E-state index in [0.717, 1.165) is 0 Å². The molecule has 0 unspecified atom stereocenters. The van der Waals surface area contributed by atoms with Gasteiger partial charge < -0.3 is 15.2 Å². The van der Waals surface area contributed by atoms with Gasteiger partial charge in [0.15, 0.2) is 0 Å². The molecular weight excluding hydrogens is 312 g/mol. The maximum atomic E-state index is 12.0. The summed E-state index contributed by atoms with van der Waals surface area (Å²) in [6.45, 7) is -2.69. The summed E-state index contributed by atoms with van der Waals surface area (Å²) in [7, 11) is 0. The molecule has 0 aliphatic carbocycles. The highest BCUT2D eigenvalue weighted by Crippen LogP contribution is 2.17. The van der Waals surface area contributed by atoms with Gasteiger partial charge in [-0.25, -0.2) is 4.79 Å². The second-order valence-corrected chi connectivity index (χ2v) is 4.50. The standard InChI is InChI=1S/C14H13F2N3O4/c15-14(16)23-11-3-1-10(2-4-11)18-12(20)5-6-19-8-9(7-17-19)13(21)22/h1-4,7-8,14H,5-6H2,(H,18,20)(H,21,22). The van der Waals surface area contributed by atoms with E-state index in [4.69, 9.17) is 5.11 Å². The highest BCUT2D eigenvalue weighted by atomic mass is 19.3. The summed E-state index contributed by atoms with van der Waals surface area (Å²) >= 11 is 0. The Balaban J connectivity index is 1.83. The number of benzene rings is 1. The van der Waals surface area contributed by atoms with Gasteiger partial charge in [-0.2, -0.15) is 13.9 Å². The van der Waals surface area contributed by atoms with E-state index in [1.807, 2.05) is 0 Å². The van der Waals surface area contributed by atoms with Crippen LogP contribution in [0, 0.1) is 0 Å². The van der Waals surface area contributed by atoms with Crippen molar-refractivity contribution in [3.05, 3.63) is 42.2 Å². The molecule has 7 nitrogen and oxygen atoms in total. The molecule has 122 valence electrons. The van der Waals surface area contributed by atoms with Crippen LogP contribution in [-0.2, 0) is 11.3 Å². The SMILES string of the molecule is O=C(CCn1cc(C(=O)O)cn1)Nc1ccc(OC(F)F)cc1. The van der Waals surface area contributed by atoms with Crippen molar-refractivity contribution in [1.82, 2.24) is 9.78 Å². The number of rotatable bonds is 7. The Bertz CT molecular complexity index is 686. The first-order valence-electron chi connectivity index (χ1n) is 6.54. The van der Waals surface area contributed by atoms with Crippen LogP contribution in [0.1, 0.15) is 16.8 Å². The molecule has 0 aliphatic rings. The van der Waals surface area contributed by atoms with Crippen LogP contribution in [0.15, 0.2) is 36.7 Å². The molecule has 9 heteroatoms. The van der Waals surface area contributed by atoms with Crippen LogP contribution in [0.3, 0.4) is 0 Å². The second kappa shape index (κ2) is 7.34. The number of halogens is 2. The maximum Gasteiger partial charge on any atom is 0.387 e. The number of alkyl halides is 2. The van der Waals surface area contributed by atoms with Gasteiger partial charge >= 0.3 is 12.6 Å². The first kappa shape index (κ1) is 16.4. The average Bonchev–Trinajstić information content (AvgIpc) is 2.96. The Morgan fingerprint density at radius 2 is 2.00 bits per heavy atom. The van der Waals surface area contributed by atoms with E-state index in [2.05, 4.69) is 15.2 Å². The molecule has 0 bridgehead atoms. The molecule has 1 amide bonds. The molecule has 1 heterocycles. The van der Waals surface area contributed by atoms with Crippen molar-refractivity contribution >= 4 is 17.6 Å². The predicted molar refractivity (Wildman–Crippen MR) is 75.5 cm³/mol. The van der Waals surface area contributed by atoms with Gasteiger partial charge in [-0.3, -0.25) is 9.48 Å². The van der Waals surface area contributed by atoms with Crippen molar-refractivity contribution in [3.63, 3.8) is 0 Å². The zero-order valence-corrected chi connectivity index (χ0v) is 11.8. The van der Waals surface area contributed by atoms with Crippen molar-refractivity contribution in [2.75, 3.05) is 5.32 Å². The minimum Gasteiger partial charge on any atom is -0.478 e. The van der Waals surface area contributed by atoms with Crippen LogP contribution in [0.5, 0.6) is 5.75 Å². The monoisotopic (exact) mass is 325 g/mol. The molecule has 2 aromatic rings. The molecule has 2 rings (SSSR count). The maximum absolute atomic E-state index is 12.0. The van der Waals surface area contributed by atoms with Gasteiger partial charge in [0.25, 0.3) is 0 Å². The fourth-order valence-electron chi connectivity index (χ4n) is 1.76. The summed E-state index contributed by atoms with van der Waals surface area (Å²) in [5.74, 6) is -1.41. The Labute approximate surface area is 129 Å². The number of anilines is 1. The van der Waals surface area contributed by atoms with E-state index in [0.29, 0.717) is 5.69 Å². The predicted octanol–water partition coefficient (Wildman–Crippen LogP) is 2.21. The van der Waals surface area contributed by atoms with Crippen LogP contribution in [0.25, 0.3) is 0 Å². The van der Waals surface area contributed by atoms with Crippen molar-refractivity contribution in [2.24, 2.45) is 0 Å². The first-order valence-corrected chi connectivity index (χ1v) is 6.54. The third kappa shape index (κ3) is 5.06. The molecule has 2 N–H and O–H groups in total. The number of hydrogen-bond donors (Lipinski definition) is 2. The molecule has 0 saturated carbocycles. The summed E-state index contributed by atoms with van der Waals surface area (Å²) in [4.78, 5) is 22.5. The molecule has 1 aromatic heterocycles. The van der Waals surface area contributed by atoms with Crippen LogP contribution in [-0.4, -0.2) is 33.4 Å². The number of carboxylic acid groups (broad SMARTS) is 1. The van der Waals surface area contributed by atoms with E-state index in [1.54, 1.807) is 0 Å². The normalized spacial score (nSPS) is 10.6. The third-order valence-corrected chi connectivity index (χ3v) is 2.81. The number of nitrogens with zero attached hydrogens (tertiary/aromatic N) is 2. The number of nitrogens with one attached hydrogen (secondary N) is 1. The fourth-order valence-corrected chi connectivity index (χ4v) is 1.76. The Morgan fingerprint density at radius 1 is 1.30 bits per heavy atom. The Morgan fingerprint density at radius 3 is 2.57 bits per heavy atom. The molecule has 0 fully saturated rings. The van der Waals surface area contributed by atoms with Gasteiger partial charge in [0, 0.05) is 24.8 Å². The van der Waals surface area contributed by atoms with Gasteiger partial charge in [0.1, 0.15) is 5.75 Å². The van der Waals surface area contributed by atoms with Crippen molar-refractivity contribution in [3.8, 4) is 5.75 Å². The highest BCUT2D eigenvalue weighted by molar-refractivity contribution is 5.90.